The lowest BCUT2D eigenvalue weighted by Gasteiger charge is -2.32. The van der Waals surface area contributed by atoms with Crippen molar-refractivity contribution in [2.24, 2.45) is 0 Å². The van der Waals surface area contributed by atoms with E-state index in [2.05, 4.69) is 10.6 Å². The number of ether oxygens (including phenoxy) is 3. The molecule has 0 spiro atoms. The van der Waals surface area contributed by atoms with Gasteiger partial charge in [-0.15, -0.1) is 0 Å². The van der Waals surface area contributed by atoms with Gasteiger partial charge >= 0.3 is 25.3 Å². The molecule has 0 radical (unpaired) electrons. The highest BCUT2D eigenvalue weighted by molar-refractivity contribution is 6.45. The molecule has 1 aliphatic heterocycles. The van der Waals surface area contributed by atoms with E-state index in [1.165, 1.54) is 0 Å². The highest BCUT2D eigenvalue weighted by Crippen LogP contribution is 2.38. The second-order valence-corrected chi connectivity index (χ2v) is 11.8. The minimum absolute atomic E-state index is 0.0208. The Hall–Kier alpha value is -2.79. The van der Waals surface area contributed by atoms with Crippen molar-refractivity contribution in [2.75, 3.05) is 13.2 Å². The molecule has 1 heterocycles. The first-order valence-electron chi connectivity index (χ1n) is 13.6. The van der Waals surface area contributed by atoms with Gasteiger partial charge in [0, 0.05) is 0 Å². The van der Waals surface area contributed by atoms with Crippen molar-refractivity contribution in [3.05, 3.63) is 35.9 Å². The number of benzene rings is 1. The summed E-state index contributed by atoms with van der Waals surface area (Å²) in [4.78, 5) is 38.6. The maximum absolute atomic E-state index is 13.3. The number of amides is 2. The van der Waals surface area contributed by atoms with E-state index in [0.29, 0.717) is 19.2 Å². The van der Waals surface area contributed by atoms with Crippen LogP contribution in [-0.2, 0) is 34.9 Å². The molecule has 1 unspecified atom stereocenters. The van der Waals surface area contributed by atoms with Crippen LogP contribution in [0.5, 0.6) is 0 Å². The molecule has 0 aliphatic carbocycles. The summed E-state index contributed by atoms with van der Waals surface area (Å²) in [7, 11) is -0.379. The number of esters is 1. The number of hydrogen-bond acceptors (Lipinski definition) is 8. The maximum Gasteiger partial charge on any atom is 0.457 e. The van der Waals surface area contributed by atoms with Crippen LogP contribution in [0.3, 0.4) is 0 Å². The Morgan fingerprint density at radius 3 is 2.10 bits per heavy atom. The standard InChI is InChI=1S/C28H45BN2O8/c1-9-35-22(32)28(20-30-23(33)37-25(2,3)4,31-24(34)36-19-21-15-11-10-12-16-21)17-13-14-18-29-38-26(5,6)27(7,8)39-29/h10-12,15-16H,9,13-14,17-20H2,1-8H3,(H,30,33)(H,31,34). The molecular formula is C28H45BN2O8. The Kier molecular flexibility index (Phi) is 11.2. The van der Waals surface area contributed by atoms with Crippen LogP contribution in [0.4, 0.5) is 9.59 Å². The number of carbonyl (C=O) groups is 3. The molecule has 2 amide bonds. The molecule has 2 rings (SSSR count). The average molecular weight is 548 g/mol. The molecule has 1 atom stereocenters. The first kappa shape index (κ1) is 32.4. The summed E-state index contributed by atoms with van der Waals surface area (Å²) in [5.41, 5.74) is -2.39. The first-order chi connectivity index (χ1) is 18.1. The number of nitrogens with one attached hydrogen (secondary N) is 2. The summed E-state index contributed by atoms with van der Waals surface area (Å²) in [6, 6.07) is 9.19. The summed E-state index contributed by atoms with van der Waals surface area (Å²) >= 11 is 0. The van der Waals surface area contributed by atoms with Gasteiger partial charge in [0.2, 0.25) is 0 Å². The fraction of sp³-hybridized carbons (Fsp3) is 0.679. The lowest BCUT2D eigenvalue weighted by atomic mass is 9.80. The van der Waals surface area contributed by atoms with Gasteiger partial charge in [-0.25, -0.2) is 14.4 Å². The van der Waals surface area contributed by atoms with E-state index >= 15 is 0 Å². The lowest BCUT2D eigenvalue weighted by Crippen LogP contribution is -2.61. The van der Waals surface area contributed by atoms with Crippen molar-refractivity contribution in [3.63, 3.8) is 0 Å². The van der Waals surface area contributed by atoms with Gasteiger partial charge in [0.1, 0.15) is 12.2 Å². The highest BCUT2D eigenvalue weighted by Gasteiger charge is 2.50. The molecule has 10 nitrogen and oxygen atoms in total. The van der Waals surface area contributed by atoms with Crippen molar-refractivity contribution >= 4 is 25.3 Å². The topological polar surface area (TPSA) is 121 Å². The van der Waals surface area contributed by atoms with Gasteiger partial charge in [-0.2, -0.15) is 0 Å². The largest absolute Gasteiger partial charge is 0.464 e. The van der Waals surface area contributed by atoms with Crippen molar-refractivity contribution in [1.82, 2.24) is 10.6 Å². The van der Waals surface area contributed by atoms with Gasteiger partial charge in [0.25, 0.3) is 0 Å². The second-order valence-electron chi connectivity index (χ2n) is 11.8. The highest BCUT2D eigenvalue weighted by atomic mass is 16.7. The summed E-state index contributed by atoms with van der Waals surface area (Å²) in [6.07, 6.45) is 0.422. The fourth-order valence-corrected chi connectivity index (χ4v) is 4.00. The molecule has 1 aromatic carbocycles. The van der Waals surface area contributed by atoms with Gasteiger partial charge in [-0.3, -0.25) is 0 Å². The Bertz CT molecular complexity index is 948. The molecule has 218 valence electrons. The van der Waals surface area contributed by atoms with E-state index in [-0.39, 0.29) is 33.3 Å². The van der Waals surface area contributed by atoms with Crippen LogP contribution in [0.1, 0.15) is 80.2 Å². The van der Waals surface area contributed by atoms with E-state index in [1.807, 2.05) is 58.0 Å². The Morgan fingerprint density at radius 2 is 1.54 bits per heavy atom. The molecule has 2 N–H and O–H groups in total. The van der Waals surface area contributed by atoms with E-state index in [9.17, 15) is 14.4 Å². The van der Waals surface area contributed by atoms with Crippen LogP contribution in [0.15, 0.2) is 30.3 Å². The quantitative estimate of drug-likeness (QED) is 0.162. The summed E-state index contributed by atoms with van der Waals surface area (Å²) in [6.45, 7) is 14.7. The molecule has 0 aromatic heterocycles. The zero-order chi connectivity index (χ0) is 29.3. The third-order valence-electron chi connectivity index (χ3n) is 6.75. The Labute approximate surface area is 232 Å². The molecular weight excluding hydrogens is 503 g/mol. The van der Waals surface area contributed by atoms with Crippen LogP contribution < -0.4 is 10.6 Å². The third kappa shape index (κ3) is 10.0. The monoisotopic (exact) mass is 548 g/mol. The van der Waals surface area contributed by atoms with Crippen molar-refractivity contribution in [2.45, 2.75) is 110 Å². The molecule has 1 fully saturated rings. The van der Waals surface area contributed by atoms with Crippen LogP contribution in [0.2, 0.25) is 6.32 Å². The van der Waals surface area contributed by atoms with Crippen molar-refractivity contribution in [1.29, 1.82) is 0 Å². The zero-order valence-corrected chi connectivity index (χ0v) is 24.7. The Balaban J connectivity index is 2.13. The second kappa shape index (κ2) is 13.5. The van der Waals surface area contributed by atoms with Gasteiger partial charge in [-0.1, -0.05) is 43.2 Å². The van der Waals surface area contributed by atoms with Crippen LogP contribution in [0, 0.1) is 0 Å². The smallest absolute Gasteiger partial charge is 0.457 e. The van der Waals surface area contributed by atoms with E-state index in [0.717, 1.165) is 5.56 Å². The summed E-state index contributed by atoms with van der Waals surface area (Å²) in [5, 5.41) is 5.31. The molecule has 39 heavy (non-hydrogen) atoms. The molecule has 1 aromatic rings. The van der Waals surface area contributed by atoms with Gasteiger partial charge in [0.15, 0.2) is 5.54 Å². The maximum atomic E-state index is 13.3. The predicted molar refractivity (Wildman–Crippen MR) is 148 cm³/mol. The number of alkyl carbamates (subject to hydrolysis) is 2. The summed E-state index contributed by atoms with van der Waals surface area (Å²) < 4.78 is 28.2. The lowest BCUT2D eigenvalue weighted by molar-refractivity contribution is -0.151. The van der Waals surface area contributed by atoms with Crippen molar-refractivity contribution < 1.29 is 37.9 Å². The van der Waals surface area contributed by atoms with Gasteiger partial charge in [-0.05, 0) is 73.7 Å². The van der Waals surface area contributed by atoms with Gasteiger partial charge < -0.3 is 34.2 Å². The number of carbonyl (C=O) groups excluding carboxylic acids is 3. The minimum atomic E-state index is -1.57. The number of unbranched alkanes of at least 4 members (excludes halogenated alkanes) is 1. The zero-order valence-electron chi connectivity index (χ0n) is 24.7. The normalized spacial score (nSPS) is 17.6. The Morgan fingerprint density at radius 1 is 0.923 bits per heavy atom. The predicted octanol–water partition coefficient (Wildman–Crippen LogP) is 5.00. The molecule has 0 saturated carbocycles. The third-order valence-corrected chi connectivity index (χ3v) is 6.75. The first-order valence-corrected chi connectivity index (χ1v) is 13.6. The number of hydrogen-bond donors (Lipinski definition) is 2. The van der Waals surface area contributed by atoms with E-state index in [1.54, 1.807) is 27.7 Å². The molecule has 11 heteroatoms. The van der Waals surface area contributed by atoms with E-state index in [4.69, 9.17) is 23.5 Å². The number of rotatable bonds is 12. The molecule has 1 saturated heterocycles. The van der Waals surface area contributed by atoms with Crippen LogP contribution in [-0.4, -0.2) is 60.8 Å². The molecule has 0 bridgehead atoms. The van der Waals surface area contributed by atoms with E-state index < -0.39 is 40.5 Å². The summed E-state index contributed by atoms with van der Waals surface area (Å²) in [5.74, 6) is -0.673. The van der Waals surface area contributed by atoms with Gasteiger partial charge in [0.05, 0.1) is 24.4 Å². The van der Waals surface area contributed by atoms with Crippen molar-refractivity contribution in [3.8, 4) is 0 Å². The van der Waals surface area contributed by atoms with Crippen LogP contribution >= 0.6 is 0 Å². The SMILES string of the molecule is CCOC(=O)C(CCCCB1OC(C)(C)C(C)(C)O1)(CNC(=O)OC(C)(C)C)NC(=O)OCc1ccccc1. The fourth-order valence-electron chi connectivity index (χ4n) is 4.00. The minimum Gasteiger partial charge on any atom is -0.464 e. The average Bonchev–Trinajstić information content (AvgIpc) is 3.04. The molecule has 1 aliphatic rings. The van der Waals surface area contributed by atoms with Crippen LogP contribution in [0.25, 0.3) is 0 Å².